The van der Waals surface area contributed by atoms with Crippen LogP contribution in [0.3, 0.4) is 0 Å². The van der Waals surface area contributed by atoms with Gasteiger partial charge < -0.3 is 24.9 Å². The third kappa shape index (κ3) is 5.84. The molecule has 0 radical (unpaired) electrons. The van der Waals surface area contributed by atoms with E-state index in [0.29, 0.717) is 34.3 Å². The average molecular weight is 432 g/mol. The molecule has 0 saturated carbocycles. The minimum Gasteiger partial charge on any atom is -0.483 e. The van der Waals surface area contributed by atoms with Gasteiger partial charge in [0, 0.05) is 5.56 Å². The van der Waals surface area contributed by atoms with Crippen molar-refractivity contribution in [3.63, 3.8) is 0 Å². The van der Waals surface area contributed by atoms with E-state index in [1.54, 1.807) is 32.9 Å². The molecule has 0 fully saturated rings. The van der Waals surface area contributed by atoms with Crippen molar-refractivity contribution in [1.29, 1.82) is 0 Å². The Bertz CT molecular complexity index is 1060. The lowest BCUT2D eigenvalue weighted by Gasteiger charge is -2.20. The molecule has 0 saturated heterocycles. The van der Waals surface area contributed by atoms with Crippen molar-refractivity contribution >= 4 is 28.8 Å². The molecule has 1 aromatic heterocycles. The largest absolute Gasteiger partial charge is 0.483 e. The van der Waals surface area contributed by atoms with Gasteiger partial charge in [-0.15, -0.1) is 0 Å². The van der Waals surface area contributed by atoms with Crippen molar-refractivity contribution in [3.05, 3.63) is 39.2 Å². The number of carbonyl (C=O) groups is 3. The van der Waals surface area contributed by atoms with E-state index in [-0.39, 0.29) is 19.1 Å². The predicted octanol–water partition coefficient (Wildman–Crippen LogP) is 1.83. The number of rotatable bonds is 9. The summed E-state index contributed by atoms with van der Waals surface area (Å²) in [5, 5.41) is 14.7. The molecule has 9 nitrogen and oxygen atoms in total. The Morgan fingerprint density at radius 3 is 2.42 bits per heavy atom. The van der Waals surface area contributed by atoms with Crippen LogP contribution in [0.1, 0.15) is 37.0 Å². The zero-order valence-corrected chi connectivity index (χ0v) is 18.3. The maximum atomic E-state index is 12.2. The first-order valence-corrected chi connectivity index (χ1v) is 10.0. The Morgan fingerprint density at radius 1 is 1.13 bits per heavy atom. The van der Waals surface area contributed by atoms with E-state index >= 15 is 0 Å². The van der Waals surface area contributed by atoms with E-state index < -0.39 is 29.5 Å². The fourth-order valence-electron chi connectivity index (χ4n) is 3.08. The highest BCUT2D eigenvalue weighted by atomic mass is 16.5. The van der Waals surface area contributed by atoms with Crippen LogP contribution < -0.4 is 21.0 Å². The van der Waals surface area contributed by atoms with Crippen molar-refractivity contribution < 1.29 is 28.6 Å². The number of aryl methyl sites for hydroxylation is 2. The highest BCUT2D eigenvalue weighted by molar-refractivity contribution is 5.90. The average Bonchev–Trinajstić information content (AvgIpc) is 2.71. The first-order valence-electron chi connectivity index (χ1n) is 10.0. The predicted molar refractivity (Wildman–Crippen MR) is 114 cm³/mol. The Kier molecular flexibility index (Phi) is 7.79. The van der Waals surface area contributed by atoms with E-state index in [0.717, 1.165) is 5.56 Å². The summed E-state index contributed by atoms with van der Waals surface area (Å²) in [5.74, 6) is -2.13. The molecule has 0 unspecified atom stereocenters. The molecule has 168 valence electrons. The molecule has 31 heavy (non-hydrogen) atoms. The zero-order chi connectivity index (χ0) is 23.3. The van der Waals surface area contributed by atoms with Gasteiger partial charge in [0.2, 0.25) is 5.91 Å². The first-order chi connectivity index (χ1) is 14.5. The lowest BCUT2D eigenvalue weighted by atomic mass is 9.99. The zero-order valence-electron chi connectivity index (χ0n) is 18.3. The number of ether oxygens (including phenoxy) is 1. The lowest BCUT2D eigenvalue weighted by molar-refractivity contribution is -0.143. The number of carboxylic acid groups (broad SMARTS) is 1. The normalized spacial score (nSPS) is 12.8. The van der Waals surface area contributed by atoms with Crippen molar-refractivity contribution in [1.82, 2.24) is 10.6 Å². The van der Waals surface area contributed by atoms with Gasteiger partial charge >= 0.3 is 11.6 Å². The van der Waals surface area contributed by atoms with Gasteiger partial charge in [-0.2, -0.15) is 0 Å². The number of carbonyl (C=O) groups excluding carboxylic acids is 2. The molecule has 0 aliphatic carbocycles. The van der Waals surface area contributed by atoms with Crippen molar-refractivity contribution in [2.75, 3.05) is 13.2 Å². The number of hydrogen-bond donors (Lipinski definition) is 3. The SMILES string of the molecule is CC[C@@H](C)[C@@H](NC(=O)CNC(=O)COc1cc(C)cc2oc(=O)c(C)c(C)c12)C(=O)O. The van der Waals surface area contributed by atoms with Crippen LogP contribution >= 0.6 is 0 Å². The van der Waals surface area contributed by atoms with Gasteiger partial charge in [-0.3, -0.25) is 9.59 Å². The molecule has 9 heteroatoms. The van der Waals surface area contributed by atoms with Crippen molar-refractivity contribution in [2.24, 2.45) is 5.92 Å². The van der Waals surface area contributed by atoms with Gasteiger partial charge in [0.15, 0.2) is 6.61 Å². The summed E-state index contributed by atoms with van der Waals surface area (Å²) < 4.78 is 11.0. The van der Waals surface area contributed by atoms with Crippen molar-refractivity contribution in [3.8, 4) is 5.75 Å². The molecule has 1 aromatic carbocycles. The van der Waals surface area contributed by atoms with E-state index in [1.165, 1.54) is 0 Å². The maximum Gasteiger partial charge on any atom is 0.339 e. The monoisotopic (exact) mass is 432 g/mol. The summed E-state index contributed by atoms with van der Waals surface area (Å²) in [5.41, 5.74) is 1.89. The molecule has 2 amide bonds. The van der Waals surface area contributed by atoms with Crippen LogP contribution in [0.2, 0.25) is 0 Å². The van der Waals surface area contributed by atoms with Crippen LogP contribution in [0.15, 0.2) is 21.3 Å². The van der Waals surface area contributed by atoms with Gasteiger partial charge in [-0.25, -0.2) is 9.59 Å². The first kappa shape index (κ1) is 23.9. The molecule has 1 heterocycles. The third-order valence-electron chi connectivity index (χ3n) is 5.26. The van der Waals surface area contributed by atoms with Crippen molar-refractivity contribution in [2.45, 2.75) is 47.1 Å². The van der Waals surface area contributed by atoms with Crippen LogP contribution in [0.5, 0.6) is 5.75 Å². The van der Waals surface area contributed by atoms with E-state index in [4.69, 9.17) is 9.15 Å². The molecular weight excluding hydrogens is 404 g/mol. The molecule has 2 rings (SSSR count). The van der Waals surface area contributed by atoms with Crippen LogP contribution in [0, 0.1) is 26.7 Å². The molecule has 0 aliphatic rings. The molecule has 3 N–H and O–H groups in total. The topological polar surface area (TPSA) is 135 Å². The second-order valence-electron chi connectivity index (χ2n) is 7.61. The minimum atomic E-state index is -1.12. The molecule has 0 spiro atoms. The fourth-order valence-corrected chi connectivity index (χ4v) is 3.08. The summed E-state index contributed by atoms with van der Waals surface area (Å²) in [6, 6.07) is 2.43. The molecule has 0 aliphatic heterocycles. The second kappa shape index (κ2) is 10.1. The number of nitrogens with one attached hydrogen (secondary N) is 2. The van der Waals surface area contributed by atoms with Gasteiger partial charge in [-0.1, -0.05) is 20.3 Å². The number of carboxylic acids is 1. The van der Waals surface area contributed by atoms with Gasteiger partial charge in [0.25, 0.3) is 5.91 Å². The number of benzene rings is 1. The van der Waals surface area contributed by atoms with Gasteiger partial charge in [0.1, 0.15) is 17.4 Å². The number of fused-ring (bicyclic) bond motifs is 1. The minimum absolute atomic E-state index is 0.248. The summed E-state index contributed by atoms with van der Waals surface area (Å²) in [6.45, 7) is 8.05. The third-order valence-corrected chi connectivity index (χ3v) is 5.26. The van der Waals surface area contributed by atoms with Gasteiger partial charge in [0.05, 0.1) is 11.9 Å². The molecule has 2 atom stereocenters. The highest BCUT2D eigenvalue weighted by Crippen LogP contribution is 2.30. The van der Waals surface area contributed by atoms with E-state index in [2.05, 4.69) is 10.6 Å². The van der Waals surface area contributed by atoms with Crippen LogP contribution in [0.4, 0.5) is 0 Å². The lowest BCUT2D eigenvalue weighted by Crippen LogP contribution is -2.48. The Hall–Kier alpha value is -3.36. The summed E-state index contributed by atoms with van der Waals surface area (Å²) in [6.07, 6.45) is 0.584. The summed E-state index contributed by atoms with van der Waals surface area (Å²) in [4.78, 5) is 47.4. The Morgan fingerprint density at radius 2 is 1.81 bits per heavy atom. The van der Waals surface area contributed by atoms with Crippen LogP contribution in [-0.4, -0.2) is 42.1 Å². The number of aliphatic carboxylic acids is 1. The summed E-state index contributed by atoms with van der Waals surface area (Å²) in [7, 11) is 0. The summed E-state index contributed by atoms with van der Waals surface area (Å²) >= 11 is 0. The highest BCUT2D eigenvalue weighted by Gasteiger charge is 2.25. The van der Waals surface area contributed by atoms with Crippen LogP contribution in [-0.2, 0) is 14.4 Å². The standard InChI is InChI=1S/C22H28N2O7/c1-6-12(3)20(21(27)28)24-17(25)9-23-18(26)10-30-15-7-11(2)8-16-19(15)13(4)14(5)22(29)31-16/h7-8,12,20H,6,9-10H2,1-5H3,(H,23,26)(H,24,25)(H,27,28)/t12-,20-/m1/s1. The van der Waals surface area contributed by atoms with E-state index in [9.17, 15) is 24.3 Å². The fraction of sp³-hybridized carbons (Fsp3) is 0.455. The Balaban J connectivity index is 2.03. The quantitative estimate of drug-likeness (QED) is 0.515. The van der Waals surface area contributed by atoms with E-state index in [1.807, 2.05) is 13.8 Å². The molecular formula is C22H28N2O7. The second-order valence-corrected chi connectivity index (χ2v) is 7.61. The molecule has 0 bridgehead atoms. The molecule has 2 aromatic rings. The Labute approximate surface area is 179 Å². The number of amides is 2. The smallest absolute Gasteiger partial charge is 0.339 e. The van der Waals surface area contributed by atoms with Gasteiger partial charge in [-0.05, 0) is 49.9 Å². The van der Waals surface area contributed by atoms with Crippen LogP contribution in [0.25, 0.3) is 11.0 Å². The maximum absolute atomic E-state index is 12.2. The number of hydrogen-bond acceptors (Lipinski definition) is 6.